The summed E-state index contributed by atoms with van der Waals surface area (Å²) in [5, 5.41) is 2.87. The fourth-order valence-electron chi connectivity index (χ4n) is 3.79. The van der Waals surface area contributed by atoms with Crippen molar-refractivity contribution >= 4 is 23.4 Å². The summed E-state index contributed by atoms with van der Waals surface area (Å²) in [6.45, 7) is 1.28. The smallest absolute Gasteiger partial charge is 0.251 e. The first-order valence-corrected chi connectivity index (χ1v) is 10.5. The van der Waals surface area contributed by atoms with Gasteiger partial charge in [0.1, 0.15) is 5.82 Å². The Kier molecular flexibility index (Phi) is 5.95. The second-order valence-corrected chi connectivity index (χ2v) is 8.39. The number of rotatable bonds is 6. The van der Waals surface area contributed by atoms with Crippen molar-refractivity contribution in [3.8, 4) is 22.5 Å². The minimum Gasteiger partial charge on any atom is -0.366 e. The highest BCUT2D eigenvalue weighted by Crippen LogP contribution is 2.39. The predicted molar refractivity (Wildman–Crippen MR) is 122 cm³/mol. The number of halogens is 2. The number of carbonyl (C=O) groups is 2. The van der Waals surface area contributed by atoms with E-state index in [-0.39, 0.29) is 10.9 Å². The van der Waals surface area contributed by atoms with E-state index in [1.54, 1.807) is 18.2 Å². The molecule has 2 amide bonds. The van der Waals surface area contributed by atoms with Crippen LogP contribution in [0.3, 0.4) is 0 Å². The Morgan fingerprint density at radius 2 is 1.97 bits per heavy atom. The molecule has 32 heavy (non-hydrogen) atoms. The topological polar surface area (TPSA) is 88.3 Å². The summed E-state index contributed by atoms with van der Waals surface area (Å²) >= 11 is 5.93. The lowest BCUT2D eigenvalue weighted by atomic mass is 10.0. The van der Waals surface area contributed by atoms with Crippen LogP contribution in [0.1, 0.15) is 31.8 Å². The molecule has 0 spiro atoms. The third kappa shape index (κ3) is 4.22. The van der Waals surface area contributed by atoms with Gasteiger partial charge in [-0.25, -0.2) is 9.37 Å². The molecular weight excluding hydrogens is 431 g/mol. The summed E-state index contributed by atoms with van der Waals surface area (Å²) in [5.41, 5.74) is 10.7. The van der Waals surface area contributed by atoms with Crippen LogP contribution in [0, 0.1) is 5.82 Å². The Morgan fingerprint density at radius 3 is 2.66 bits per heavy atom. The van der Waals surface area contributed by atoms with Gasteiger partial charge in [-0.05, 0) is 61.6 Å². The highest BCUT2D eigenvalue weighted by atomic mass is 35.5. The average molecular weight is 453 g/mol. The van der Waals surface area contributed by atoms with Gasteiger partial charge in [-0.15, -0.1) is 0 Å². The first-order valence-electron chi connectivity index (χ1n) is 10.1. The van der Waals surface area contributed by atoms with Gasteiger partial charge in [0.15, 0.2) is 0 Å². The molecule has 0 atom stereocenters. The fourth-order valence-corrected chi connectivity index (χ4v) is 3.97. The molecule has 0 radical (unpaired) electrons. The molecule has 0 aliphatic heterocycles. The number of primary amides is 1. The first kappa shape index (κ1) is 21.9. The van der Waals surface area contributed by atoms with Crippen LogP contribution >= 0.6 is 11.6 Å². The monoisotopic (exact) mass is 452 g/mol. The number of aromatic nitrogens is 1. The second-order valence-electron chi connectivity index (χ2n) is 7.98. The van der Waals surface area contributed by atoms with Gasteiger partial charge in [0.25, 0.3) is 5.91 Å². The lowest BCUT2D eigenvalue weighted by Gasteiger charge is -2.11. The second kappa shape index (κ2) is 8.68. The molecule has 1 heterocycles. The Labute approximate surface area is 190 Å². The van der Waals surface area contributed by atoms with E-state index < -0.39 is 11.7 Å². The average Bonchev–Trinajstić information content (AvgIpc) is 3.12. The zero-order chi connectivity index (χ0) is 23.0. The van der Waals surface area contributed by atoms with Gasteiger partial charge in [-0.3, -0.25) is 9.59 Å². The molecule has 0 fully saturated rings. The van der Waals surface area contributed by atoms with Crippen LogP contribution in [-0.2, 0) is 6.42 Å². The molecule has 1 aliphatic carbocycles. The first-order chi connectivity index (χ1) is 15.2. The number of fused-ring (bicyclic) bond motifs is 3. The number of benzene rings is 2. The summed E-state index contributed by atoms with van der Waals surface area (Å²) in [6, 6.07) is 11.3. The molecule has 0 saturated carbocycles. The highest BCUT2D eigenvalue weighted by molar-refractivity contribution is 6.31. The molecule has 4 rings (SSSR count). The van der Waals surface area contributed by atoms with Gasteiger partial charge >= 0.3 is 0 Å². The van der Waals surface area contributed by atoms with Crippen molar-refractivity contribution in [2.75, 3.05) is 27.2 Å². The minimum absolute atomic E-state index is 0.0317. The lowest BCUT2D eigenvalue weighted by Crippen LogP contribution is -2.31. The Bertz CT molecular complexity index is 1240. The number of hydrogen-bond donors (Lipinski definition) is 2. The zero-order valence-electron chi connectivity index (χ0n) is 17.7. The summed E-state index contributed by atoms with van der Waals surface area (Å²) in [6.07, 6.45) is 0.444. The lowest BCUT2D eigenvalue weighted by molar-refractivity contribution is 0.0949. The third-order valence-electron chi connectivity index (χ3n) is 5.44. The molecule has 3 aromatic rings. The molecule has 0 bridgehead atoms. The molecule has 1 aliphatic rings. The summed E-state index contributed by atoms with van der Waals surface area (Å²) in [4.78, 5) is 31.4. The van der Waals surface area contributed by atoms with Gasteiger partial charge in [0.2, 0.25) is 5.91 Å². The maximum absolute atomic E-state index is 13.6. The molecule has 3 N–H and O–H groups in total. The molecule has 6 nitrogen and oxygen atoms in total. The number of carbonyl (C=O) groups excluding carboxylic acids is 2. The standard InChI is InChI=1S/C24H22ClFN4O2/c1-30(2)8-7-28-24(32)14-3-5-16-15(9-14)10-17-18(23(27)31)12-21(29-22(16)17)13-4-6-20(26)19(25)11-13/h3-6,9,11-12H,7-8,10H2,1-2H3,(H2,27,31)(H,28,32). The van der Waals surface area contributed by atoms with Crippen LogP contribution in [0.25, 0.3) is 22.5 Å². The van der Waals surface area contributed by atoms with Gasteiger partial charge < -0.3 is 16.0 Å². The molecule has 164 valence electrons. The zero-order valence-corrected chi connectivity index (χ0v) is 18.5. The van der Waals surface area contributed by atoms with E-state index in [0.717, 1.165) is 23.2 Å². The van der Waals surface area contributed by atoms with E-state index in [0.29, 0.717) is 41.0 Å². The van der Waals surface area contributed by atoms with Crippen LogP contribution in [-0.4, -0.2) is 48.9 Å². The maximum Gasteiger partial charge on any atom is 0.251 e. The van der Waals surface area contributed by atoms with Crippen molar-refractivity contribution in [3.05, 3.63) is 75.6 Å². The van der Waals surface area contributed by atoms with Crippen molar-refractivity contribution < 1.29 is 14.0 Å². The van der Waals surface area contributed by atoms with E-state index in [1.165, 1.54) is 12.1 Å². The quantitative estimate of drug-likeness (QED) is 0.468. The van der Waals surface area contributed by atoms with Crippen molar-refractivity contribution in [2.24, 2.45) is 5.73 Å². The van der Waals surface area contributed by atoms with Gasteiger partial charge in [0.05, 0.1) is 16.4 Å². The van der Waals surface area contributed by atoms with Crippen LogP contribution in [0.15, 0.2) is 42.5 Å². The summed E-state index contributed by atoms with van der Waals surface area (Å²) in [5.74, 6) is -1.27. The maximum atomic E-state index is 13.6. The molecule has 8 heteroatoms. The van der Waals surface area contributed by atoms with Crippen LogP contribution in [0.4, 0.5) is 4.39 Å². The van der Waals surface area contributed by atoms with Crippen molar-refractivity contribution in [1.29, 1.82) is 0 Å². The fraction of sp³-hybridized carbons (Fsp3) is 0.208. The van der Waals surface area contributed by atoms with Crippen molar-refractivity contribution in [2.45, 2.75) is 6.42 Å². The molecule has 0 saturated heterocycles. The number of nitrogens with zero attached hydrogens (tertiary/aromatic N) is 2. The molecule has 0 unspecified atom stereocenters. The van der Waals surface area contributed by atoms with E-state index >= 15 is 0 Å². The van der Waals surface area contributed by atoms with E-state index in [2.05, 4.69) is 5.32 Å². The summed E-state index contributed by atoms with van der Waals surface area (Å²) < 4.78 is 13.6. The normalized spacial score (nSPS) is 11.9. The number of nitrogens with two attached hydrogens (primary N) is 1. The Hall–Kier alpha value is -3.29. The van der Waals surface area contributed by atoms with Crippen LogP contribution < -0.4 is 11.1 Å². The third-order valence-corrected chi connectivity index (χ3v) is 5.73. The SMILES string of the molecule is CN(C)CCNC(=O)c1ccc2c(c1)Cc1c(C(N)=O)cc(-c3ccc(F)c(Cl)c3)nc1-2. The molecular formula is C24H22ClFN4O2. The van der Waals surface area contributed by atoms with Gasteiger partial charge in [-0.1, -0.05) is 17.7 Å². The number of hydrogen-bond acceptors (Lipinski definition) is 4. The predicted octanol–water partition coefficient (Wildman–Crippen LogP) is 3.50. The van der Waals surface area contributed by atoms with E-state index in [4.69, 9.17) is 22.3 Å². The number of pyridine rings is 1. The Balaban J connectivity index is 1.71. The molecule has 1 aromatic heterocycles. The van der Waals surface area contributed by atoms with E-state index in [9.17, 15) is 14.0 Å². The van der Waals surface area contributed by atoms with E-state index in [1.807, 2.05) is 31.1 Å². The van der Waals surface area contributed by atoms with Crippen LogP contribution in [0.2, 0.25) is 5.02 Å². The summed E-state index contributed by atoms with van der Waals surface area (Å²) in [7, 11) is 3.88. The number of nitrogens with one attached hydrogen (secondary N) is 1. The van der Waals surface area contributed by atoms with Crippen molar-refractivity contribution in [1.82, 2.24) is 15.2 Å². The van der Waals surface area contributed by atoms with Gasteiger partial charge in [-0.2, -0.15) is 0 Å². The minimum atomic E-state index is -0.576. The largest absolute Gasteiger partial charge is 0.366 e. The van der Waals surface area contributed by atoms with Crippen molar-refractivity contribution in [3.63, 3.8) is 0 Å². The molecule has 2 aromatic carbocycles. The highest BCUT2D eigenvalue weighted by Gasteiger charge is 2.27. The number of amides is 2. The van der Waals surface area contributed by atoms with Gasteiger partial charge in [0, 0.05) is 41.8 Å². The van der Waals surface area contributed by atoms with Crippen LogP contribution in [0.5, 0.6) is 0 Å². The number of likely N-dealkylation sites (N-methyl/N-ethyl adjacent to an activating group) is 1. The Morgan fingerprint density at radius 1 is 1.19 bits per heavy atom.